The van der Waals surface area contributed by atoms with Crippen LogP contribution in [0, 0.1) is 0 Å². The van der Waals surface area contributed by atoms with Crippen molar-refractivity contribution in [3.8, 4) is 0 Å². The minimum Gasteiger partial charge on any atom is -0.478 e. The van der Waals surface area contributed by atoms with Gasteiger partial charge < -0.3 is 10.0 Å². The van der Waals surface area contributed by atoms with Gasteiger partial charge in [-0.3, -0.25) is 4.79 Å². The third kappa shape index (κ3) is 4.02. The van der Waals surface area contributed by atoms with Crippen molar-refractivity contribution in [1.82, 2.24) is 4.90 Å². The fourth-order valence-corrected chi connectivity index (χ4v) is 3.65. The molecule has 3 rings (SSSR count). The summed E-state index contributed by atoms with van der Waals surface area (Å²) < 4.78 is 0. The van der Waals surface area contributed by atoms with Gasteiger partial charge in [-0.15, -0.1) is 0 Å². The molecule has 1 amide bonds. The first-order valence-corrected chi connectivity index (χ1v) is 8.78. The number of carbonyl (C=O) groups is 2. The first-order chi connectivity index (χ1) is 12.1. The molecule has 1 heterocycles. The number of halogens is 1. The zero-order valence-corrected chi connectivity index (χ0v) is 14.6. The lowest BCUT2D eigenvalue weighted by atomic mass is 10.0. The third-order valence-corrected chi connectivity index (χ3v) is 5.07. The lowest BCUT2D eigenvalue weighted by Crippen LogP contribution is -2.38. The molecule has 1 N–H and O–H groups in total. The van der Waals surface area contributed by atoms with Crippen molar-refractivity contribution in [3.63, 3.8) is 0 Å². The summed E-state index contributed by atoms with van der Waals surface area (Å²) in [6, 6.07) is 14.5. The second-order valence-corrected chi connectivity index (χ2v) is 6.72. The van der Waals surface area contributed by atoms with Gasteiger partial charge in [0.2, 0.25) is 5.91 Å². The van der Waals surface area contributed by atoms with E-state index in [9.17, 15) is 14.7 Å². The molecule has 130 valence electrons. The van der Waals surface area contributed by atoms with Gasteiger partial charge in [0.25, 0.3) is 0 Å². The minimum absolute atomic E-state index is 0.0248. The maximum atomic E-state index is 12.8. The quantitative estimate of drug-likeness (QED) is 0.885. The first kappa shape index (κ1) is 17.5. The molecule has 0 radical (unpaired) electrons. The van der Waals surface area contributed by atoms with Gasteiger partial charge >= 0.3 is 5.97 Å². The van der Waals surface area contributed by atoms with Crippen LogP contribution in [0.4, 0.5) is 0 Å². The SMILES string of the molecule is O=C(O)c1ccccc1CC(=O)N1CCCC1Cc1ccccc1Cl. The molecule has 0 spiro atoms. The van der Waals surface area contributed by atoms with Crippen molar-refractivity contribution in [2.24, 2.45) is 0 Å². The number of likely N-dealkylation sites (tertiary alicyclic amines) is 1. The average Bonchev–Trinajstić information content (AvgIpc) is 3.05. The van der Waals surface area contributed by atoms with Crippen LogP contribution < -0.4 is 0 Å². The number of carboxylic acids is 1. The molecule has 4 nitrogen and oxygen atoms in total. The molecular weight excluding hydrogens is 338 g/mol. The molecule has 25 heavy (non-hydrogen) atoms. The van der Waals surface area contributed by atoms with Gasteiger partial charge in [0.05, 0.1) is 12.0 Å². The summed E-state index contributed by atoms with van der Waals surface area (Å²) in [4.78, 5) is 26.0. The topological polar surface area (TPSA) is 57.6 Å². The monoisotopic (exact) mass is 357 g/mol. The number of rotatable bonds is 5. The van der Waals surface area contributed by atoms with E-state index in [1.54, 1.807) is 18.2 Å². The largest absolute Gasteiger partial charge is 0.478 e. The molecule has 1 saturated heterocycles. The van der Waals surface area contributed by atoms with Crippen LogP contribution in [0.15, 0.2) is 48.5 Å². The lowest BCUT2D eigenvalue weighted by Gasteiger charge is -2.25. The van der Waals surface area contributed by atoms with Crippen LogP contribution >= 0.6 is 11.6 Å². The Morgan fingerprint density at radius 2 is 1.76 bits per heavy atom. The predicted octanol–water partition coefficient (Wildman–Crippen LogP) is 3.81. The number of carboxylic acid groups (broad SMARTS) is 1. The molecule has 2 aromatic carbocycles. The minimum atomic E-state index is -1.00. The van der Waals surface area contributed by atoms with Crippen molar-refractivity contribution in [2.75, 3.05) is 6.54 Å². The molecule has 1 unspecified atom stereocenters. The number of hydrogen-bond acceptors (Lipinski definition) is 2. The standard InChI is InChI=1S/C20H20ClNO3/c21-18-10-4-2-7-15(18)12-16-8-5-11-22(16)19(23)13-14-6-1-3-9-17(14)20(24)25/h1-4,6-7,9-10,16H,5,8,11-13H2,(H,24,25). The van der Waals surface area contributed by atoms with Crippen LogP contribution in [-0.2, 0) is 17.6 Å². The molecule has 1 atom stereocenters. The average molecular weight is 358 g/mol. The second kappa shape index (κ2) is 7.70. The molecule has 5 heteroatoms. The Kier molecular flexibility index (Phi) is 5.39. The van der Waals surface area contributed by atoms with Crippen molar-refractivity contribution < 1.29 is 14.7 Å². The molecule has 2 aromatic rings. The number of aromatic carboxylic acids is 1. The number of amides is 1. The highest BCUT2D eigenvalue weighted by atomic mass is 35.5. The van der Waals surface area contributed by atoms with Crippen LogP contribution in [0.1, 0.15) is 34.3 Å². The maximum Gasteiger partial charge on any atom is 0.335 e. The zero-order valence-electron chi connectivity index (χ0n) is 13.8. The van der Waals surface area contributed by atoms with E-state index in [-0.39, 0.29) is 23.9 Å². The molecule has 0 aromatic heterocycles. The Bertz CT molecular complexity index is 790. The molecule has 0 bridgehead atoms. The number of nitrogens with zero attached hydrogens (tertiary/aromatic N) is 1. The maximum absolute atomic E-state index is 12.8. The van der Waals surface area contributed by atoms with Crippen LogP contribution in [0.25, 0.3) is 0 Å². The summed E-state index contributed by atoms with van der Waals surface area (Å²) >= 11 is 6.25. The van der Waals surface area contributed by atoms with Gasteiger partial charge in [-0.05, 0) is 42.5 Å². The van der Waals surface area contributed by atoms with Crippen molar-refractivity contribution in [2.45, 2.75) is 31.7 Å². The van der Waals surface area contributed by atoms with Crippen molar-refractivity contribution in [1.29, 1.82) is 0 Å². The number of hydrogen-bond donors (Lipinski definition) is 1. The Labute approximate surface area is 152 Å². The summed E-state index contributed by atoms with van der Waals surface area (Å²) in [6.45, 7) is 0.711. The van der Waals surface area contributed by atoms with E-state index in [1.165, 1.54) is 6.07 Å². The van der Waals surface area contributed by atoms with Gasteiger partial charge in [-0.25, -0.2) is 4.79 Å². The summed E-state index contributed by atoms with van der Waals surface area (Å²) in [5, 5.41) is 10.0. The van der Waals surface area contributed by atoms with E-state index in [4.69, 9.17) is 11.6 Å². The summed E-state index contributed by atoms with van der Waals surface area (Å²) in [6.07, 6.45) is 2.74. The normalized spacial score (nSPS) is 16.8. The second-order valence-electron chi connectivity index (χ2n) is 6.32. The van der Waals surface area contributed by atoms with E-state index in [0.717, 1.165) is 29.8 Å². The van der Waals surface area contributed by atoms with Gasteiger partial charge in [-0.1, -0.05) is 48.0 Å². The molecule has 0 aliphatic carbocycles. The smallest absolute Gasteiger partial charge is 0.335 e. The van der Waals surface area contributed by atoms with E-state index < -0.39 is 5.97 Å². The van der Waals surface area contributed by atoms with E-state index in [2.05, 4.69) is 0 Å². The Morgan fingerprint density at radius 1 is 1.08 bits per heavy atom. The fraction of sp³-hybridized carbons (Fsp3) is 0.300. The van der Waals surface area contributed by atoms with Gasteiger partial charge in [-0.2, -0.15) is 0 Å². The fourth-order valence-electron chi connectivity index (χ4n) is 3.44. The lowest BCUT2D eigenvalue weighted by molar-refractivity contribution is -0.131. The Morgan fingerprint density at radius 3 is 2.48 bits per heavy atom. The predicted molar refractivity (Wildman–Crippen MR) is 97.0 cm³/mol. The van der Waals surface area contributed by atoms with E-state index in [1.807, 2.05) is 29.2 Å². The van der Waals surface area contributed by atoms with Crippen LogP contribution in [0.3, 0.4) is 0 Å². The van der Waals surface area contributed by atoms with Crippen molar-refractivity contribution >= 4 is 23.5 Å². The van der Waals surface area contributed by atoms with E-state index >= 15 is 0 Å². The third-order valence-electron chi connectivity index (χ3n) is 4.70. The molecular formula is C20H20ClNO3. The molecule has 1 fully saturated rings. The zero-order chi connectivity index (χ0) is 17.8. The highest BCUT2D eigenvalue weighted by Crippen LogP contribution is 2.25. The highest BCUT2D eigenvalue weighted by Gasteiger charge is 2.29. The Balaban J connectivity index is 1.73. The van der Waals surface area contributed by atoms with Crippen LogP contribution in [0.2, 0.25) is 5.02 Å². The first-order valence-electron chi connectivity index (χ1n) is 8.40. The Hall–Kier alpha value is -2.33. The van der Waals surface area contributed by atoms with Crippen molar-refractivity contribution in [3.05, 3.63) is 70.2 Å². The number of benzene rings is 2. The molecule has 1 aliphatic heterocycles. The summed E-state index contributed by atoms with van der Waals surface area (Å²) in [5.41, 5.74) is 1.79. The van der Waals surface area contributed by atoms with Crippen LogP contribution in [-0.4, -0.2) is 34.5 Å². The molecule has 1 aliphatic rings. The highest BCUT2D eigenvalue weighted by molar-refractivity contribution is 6.31. The van der Waals surface area contributed by atoms with E-state index in [0.29, 0.717) is 12.1 Å². The van der Waals surface area contributed by atoms with Crippen LogP contribution in [0.5, 0.6) is 0 Å². The molecule has 0 saturated carbocycles. The summed E-state index contributed by atoms with van der Waals surface area (Å²) in [5.74, 6) is -1.03. The summed E-state index contributed by atoms with van der Waals surface area (Å²) in [7, 11) is 0. The van der Waals surface area contributed by atoms with Gasteiger partial charge in [0.15, 0.2) is 0 Å². The van der Waals surface area contributed by atoms with Gasteiger partial charge in [0, 0.05) is 17.6 Å². The van der Waals surface area contributed by atoms with Gasteiger partial charge in [0.1, 0.15) is 0 Å². The number of carbonyl (C=O) groups excluding carboxylic acids is 1.